The highest BCUT2D eigenvalue weighted by atomic mass is 35.5. The van der Waals surface area contributed by atoms with E-state index < -0.39 is 34.5 Å². The molecule has 2 aromatic carbocycles. The van der Waals surface area contributed by atoms with E-state index in [4.69, 9.17) is 26.2 Å². The van der Waals surface area contributed by atoms with Crippen molar-refractivity contribution >= 4 is 22.8 Å². The number of carbonyl (C=O) groups excluding carboxylic acids is 1. The van der Waals surface area contributed by atoms with E-state index in [1.165, 1.54) is 115 Å². The van der Waals surface area contributed by atoms with Gasteiger partial charge in [-0.25, -0.2) is 8.78 Å². The summed E-state index contributed by atoms with van der Waals surface area (Å²) >= 11 is 5.28. The summed E-state index contributed by atoms with van der Waals surface area (Å²) in [5.74, 6) is 0.616. The van der Waals surface area contributed by atoms with E-state index in [1.807, 2.05) is 0 Å². The number of aliphatic carboxylic acids is 1. The van der Waals surface area contributed by atoms with Crippen molar-refractivity contribution in [2.45, 2.75) is 205 Å². The van der Waals surface area contributed by atoms with Gasteiger partial charge in [0.15, 0.2) is 23.1 Å². The van der Waals surface area contributed by atoms with Gasteiger partial charge in [-0.3, -0.25) is 9.59 Å². The molecule has 360 valence electrons. The molecule has 0 saturated heterocycles. The van der Waals surface area contributed by atoms with Gasteiger partial charge in [-0.15, -0.1) is 0 Å². The molecule has 64 heavy (non-hydrogen) atoms. The summed E-state index contributed by atoms with van der Waals surface area (Å²) in [7, 11) is 0. The quantitative estimate of drug-likeness (QED) is 0.0724. The maximum atomic E-state index is 14.8. The predicted molar refractivity (Wildman–Crippen MR) is 249 cm³/mol. The first-order valence-electron chi connectivity index (χ1n) is 25.6. The lowest BCUT2D eigenvalue weighted by Crippen LogP contribution is -2.25. The van der Waals surface area contributed by atoms with Gasteiger partial charge in [0.25, 0.3) is 0 Å². The fourth-order valence-corrected chi connectivity index (χ4v) is 11.9. The molecule has 0 aromatic heterocycles. The second-order valence-corrected chi connectivity index (χ2v) is 20.4. The highest BCUT2D eigenvalue weighted by molar-refractivity contribution is 6.63. The van der Waals surface area contributed by atoms with E-state index in [0.717, 1.165) is 86.9 Å². The Morgan fingerprint density at radius 3 is 1.22 bits per heavy atom. The third kappa shape index (κ3) is 16.2. The molecule has 0 aliphatic heterocycles. The summed E-state index contributed by atoms with van der Waals surface area (Å²) in [5, 5.41) is 8.20. The van der Waals surface area contributed by atoms with E-state index in [-0.39, 0.29) is 55.8 Å². The van der Waals surface area contributed by atoms with Gasteiger partial charge in [-0.2, -0.15) is 8.78 Å². The average Bonchev–Trinajstić information content (AvgIpc) is 3.30. The second kappa shape index (κ2) is 27.7. The van der Waals surface area contributed by atoms with E-state index >= 15 is 0 Å². The summed E-state index contributed by atoms with van der Waals surface area (Å²) in [4.78, 5) is 21.3. The number of halogens is 5. The van der Waals surface area contributed by atoms with E-state index in [1.54, 1.807) is 12.1 Å². The molecule has 4 saturated carbocycles. The number of benzene rings is 2. The monoisotopic (exact) mass is 919 g/mol. The van der Waals surface area contributed by atoms with Gasteiger partial charge in [-0.05, 0) is 172 Å². The lowest BCUT2D eigenvalue weighted by Gasteiger charge is -2.38. The third-order valence-electron chi connectivity index (χ3n) is 15.7. The van der Waals surface area contributed by atoms with Crippen molar-refractivity contribution in [2.75, 3.05) is 13.2 Å². The van der Waals surface area contributed by atoms with Gasteiger partial charge < -0.3 is 14.6 Å². The van der Waals surface area contributed by atoms with E-state index in [2.05, 4.69) is 13.8 Å². The maximum Gasteiger partial charge on any atom is 0.303 e. The summed E-state index contributed by atoms with van der Waals surface area (Å²) in [6.07, 6.45) is 30.8. The normalized spacial score (nSPS) is 26.1. The van der Waals surface area contributed by atoms with Crippen LogP contribution >= 0.6 is 11.6 Å². The van der Waals surface area contributed by atoms with Gasteiger partial charge in [0.1, 0.15) is 0 Å². The van der Waals surface area contributed by atoms with Crippen LogP contribution in [0.25, 0.3) is 0 Å². The predicted octanol–water partition coefficient (Wildman–Crippen LogP) is 16.4. The Hall–Kier alpha value is -2.81. The molecule has 4 fully saturated rings. The summed E-state index contributed by atoms with van der Waals surface area (Å²) < 4.78 is 69.1. The number of rotatable bonds is 22. The maximum absolute atomic E-state index is 14.8. The second-order valence-electron chi connectivity index (χ2n) is 20.0. The zero-order valence-corrected chi connectivity index (χ0v) is 39.9. The molecule has 0 spiro atoms. The van der Waals surface area contributed by atoms with Crippen LogP contribution in [0.4, 0.5) is 17.6 Å². The molecule has 4 aliphatic rings. The minimum absolute atomic E-state index is 0.0497. The highest BCUT2D eigenvalue weighted by Crippen LogP contribution is 2.47. The van der Waals surface area contributed by atoms with Crippen LogP contribution in [0.1, 0.15) is 217 Å². The van der Waals surface area contributed by atoms with Crippen molar-refractivity contribution in [1.82, 2.24) is 0 Å². The lowest BCUT2D eigenvalue weighted by molar-refractivity contribution is -0.137. The fourth-order valence-electron chi connectivity index (χ4n) is 11.8. The summed E-state index contributed by atoms with van der Waals surface area (Å²) in [6.45, 7) is 4.74. The molecule has 4 aliphatic carbocycles. The first kappa shape index (κ1) is 52.2. The fraction of sp³-hybridized carbons (Fsp3) is 0.741. The molecule has 0 radical (unpaired) electrons. The molecule has 0 atom stereocenters. The van der Waals surface area contributed by atoms with Crippen molar-refractivity contribution in [3.8, 4) is 11.5 Å². The van der Waals surface area contributed by atoms with Crippen molar-refractivity contribution in [1.29, 1.82) is 0 Å². The number of unbranched alkanes of at least 4 members (excludes halogenated alkanes) is 4. The van der Waals surface area contributed by atoms with Crippen molar-refractivity contribution in [3.63, 3.8) is 0 Å². The molecule has 1 N–H and O–H groups in total. The number of carbonyl (C=O) groups is 2. The molecule has 6 rings (SSSR count). The molecular formula is C54H79ClF4O5. The van der Waals surface area contributed by atoms with Crippen LogP contribution < -0.4 is 9.47 Å². The summed E-state index contributed by atoms with van der Waals surface area (Å²) in [6, 6.07) is 6.38. The molecular weight excluding hydrogens is 840 g/mol. The SMILES string of the molecule is CCCCCC1CCC(C2CCC(c3ccc(OCCCC(=O)Cl)c(F)c3F)CC2)CC1.CCCCCC1CCC(C2CCC(c3ccc(OCCCC(=O)O)c(F)c3F)CC2)CC1. The van der Waals surface area contributed by atoms with Gasteiger partial charge in [-0.1, -0.05) is 103 Å². The van der Waals surface area contributed by atoms with Gasteiger partial charge in [0.05, 0.1) is 13.2 Å². The molecule has 2 aromatic rings. The standard InChI is InChI=1S/C27H39ClF2O2.C27H40F2O3/c1-2-3-4-6-19-8-10-20(11-9-19)21-12-14-22(15-13-21)23-16-17-24(27(30)26(23)29)32-18-5-7-25(28)31;1-2-3-4-6-19-8-10-20(11-9-19)21-12-14-22(15-13-21)23-16-17-24(27(29)26(23)28)32-18-5-7-25(30)31/h16-17,19-22H,2-15,18H2,1H3;16-17,19-22H,2-15,18H2,1H3,(H,30,31). The zero-order chi connectivity index (χ0) is 45.8. The Morgan fingerprint density at radius 2 is 0.875 bits per heavy atom. The smallest absolute Gasteiger partial charge is 0.303 e. The van der Waals surface area contributed by atoms with Crippen LogP contribution in [-0.2, 0) is 9.59 Å². The van der Waals surface area contributed by atoms with Crippen molar-refractivity contribution in [2.24, 2.45) is 35.5 Å². The summed E-state index contributed by atoms with van der Waals surface area (Å²) in [5.41, 5.74) is 0.960. The van der Waals surface area contributed by atoms with Gasteiger partial charge >= 0.3 is 5.97 Å². The lowest BCUT2D eigenvalue weighted by atomic mass is 9.68. The average molecular weight is 920 g/mol. The van der Waals surface area contributed by atoms with E-state index in [9.17, 15) is 27.2 Å². The molecule has 0 bridgehead atoms. The molecule has 5 nitrogen and oxygen atoms in total. The largest absolute Gasteiger partial charge is 0.490 e. The number of hydrogen-bond acceptors (Lipinski definition) is 4. The zero-order valence-electron chi connectivity index (χ0n) is 39.1. The Morgan fingerprint density at radius 1 is 0.516 bits per heavy atom. The first-order chi connectivity index (χ1) is 31.0. The van der Waals surface area contributed by atoms with Crippen LogP contribution in [0.15, 0.2) is 24.3 Å². The van der Waals surface area contributed by atoms with Crippen LogP contribution in [0.3, 0.4) is 0 Å². The number of carboxylic acids is 1. The van der Waals surface area contributed by atoms with Crippen molar-refractivity contribution in [3.05, 3.63) is 58.7 Å². The molecule has 10 heteroatoms. The molecule has 0 unspecified atom stereocenters. The van der Waals surface area contributed by atoms with E-state index in [0.29, 0.717) is 17.5 Å². The number of hydrogen-bond donors (Lipinski definition) is 1. The Bertz CT molecular complexity index is 1570. The van der Waals surface area contributed by atoms with Crippen molar-refractivity contribution < 1.29 is 41.7 Å². The van der Waals surface area contributed by atoms with Gasteiger partial charge in [0, 0.05) is 12.8 Å². The highest BCUT2D eigenvalue weighted by Gasteiger charge is 2.34. The van der Waals surface area contributed by atoms with Crippen LogP contribution in [0, 0.1) is 58.8 Å². The molecule has 0 heterocycles. The Balaban J connectivity index is 0.000000241. The Kier molecular flexibility index (Phi) is 22.6. The Labute approximate surface area is 387 Å². The van der Waals surface area contributed by atoms with Gasteiger partial charge in [0.2, 0.25) is 16.9 Å². The third-order valence-corrected chi connectivity index (χ3v) is 15.9. The van der Waals surface area contributed by atoms with Crippen LogP contribution in [0.5, 0.6) is 11.5 Å². The topological polar surface area (TPSA) is 72.8 Å². The number of carboxylic acid groups (broad SMARTS) is 1. The number of ether oxygens (including phenoxy) is 2. The minimum Gasteiger partial charge on any atom is -0.490 e. The van der Waals surface area contributed by atoms with Crippen LogP contribution in [-0.4, -0.2) is 29.5 Å². The molecule has 0 amide bonds. The van der Waals surface area contributed by atoms with Crippen LogP contribution in [0.2, 0.25) is 0 Å². The first-order valence-corrected chi connectivity index (χ1v) is 26.0. The minimum atomic E-state index is -0.943.